The Balaban J connectivity index is 1.92. The molecule has 1 fully saturated rings. The monoisotopic (exact) mass is 304 g/mol. The predicted octanol–water partition coefficient (Wildman–Crippen LogP) is 1.10. The summed E-state index contributed by atoms with van der Waals surface area (Å²) >= 11 is 0. The van der Waals surface area contributed by atoms with E-state index in [-0.39, 0.29) is 19.1 Å². The van der Waals surface area contributed by atoms with Crippen LogP contribution in [0.2, 0.25) is 0 Å². The molecule has 3 rings (SSSR count). The van der Waals surface area contributed by atoms with Gasteiger partial charge in [0.05, 0.1) is 20.3 Å². The van der Waals surface area contributed by atoms with Gasteiger partial charge >= 0.3 is 5.97 Å². The molecule has 1 amide bonds. The van der Waals surface area contributed by atoms with Crippen LogP contribution in [-0.2, 0) is 9.53 Å². The smallest absolute Gasteiger partial charge is 0.328 e. The number of aromatic nitrogens is 1. The number of methoxy groups -OCH3 is 1. The van der Waals surface area contributed by atoms with E-state index in [0.717, 1.165) is 10.9 Å². The number of carbonyl (C=O) groups excluding carboxylic acids is 1. The van der Waals surface area contributed by atoms with Crippen molar-refractivity contribution in [2.24, 2.45) is 0 Å². The maximum atomic E-state index is 12.6. The highest BCUT2D eigenvalue weighted by Crippen LogP contribution is 2.23. The van der Waals surface area contributed by atoms with E-state index in [4.69, 9.17) is 9.47 Å². The fourth-order valence-electron chi connectivity index (χ4n) is 2.56. The molecule has 0 spiro atoms. The standard InChI is InChI=1S/C15H16N2O5/c1-21-10-2-3-11-9(6-10)7-12(16-11)14(18)17-4-5-22-8-13(17)15(19)20/h2-3,6-7,13,16H,4-5,8H2,1H3,(H,19,20)/t13-/m1/s1. The van der Waals surface area contributed by atoms with Crippen LogP contribution in [0.5, 0.6) is 5.75 Å². The highest BCUT2D eigenvalue weighted by Gasteiger charge is 2.33. The normalized spacial score (nSPS) is 18.4. The highest BCUT2D eigenvalue weighted by molar-refractivity contribution is 6.00. The first-order valence-corrected chi connectivity index (χ1v) is 6.88. The number of nitrogens with zero attached hydrogens (tertiary/aromatic N) is 1. The number of nitrogens with one attached hydrogen (secondary N) is 1. The van der Waals surface area contributed by atoms with Crippen LogP contribution in [0.1, 0.15) is 10.5 Å². The quantitative estimate of drug-likeness (QED) is 0.886. The number of amides is 1. The number of rotatable bonds is 3. The topological polar surface area (TPSA) is 91.9 Å². The van der Waals surface area contributed by atoms with Gasteiger partial charge in [-0.25, -0.2) is 4.79 Å². The number of carbonyl (C=O) groups is 2. The summed E-state index contributed by atoms with van der Waals surface area (Å²) in [4.78, 5) is 28.2. The second-order valence-corrected chi connectivity index (χ2v) is 5.06. The van der Waals surface area contributed by atoms with E-state index in [2.05, 4.69) is 4.98 Å². The highest BCUT2D eigenvalue weighted by atomic mass is 16.5. The van der Waals surface area contributed by atoms with Gasteiger partial charge in [0.1, 0.15) is 11.4 Å². The summed E-state index contributed by atoms with van der Waals surface area (Å²) in [7, 11) is 1.57. The average molecular weight is 304 g/mol. The fourth-order valence-corrected chi connectivity index (χ4v) is 2.56. The maximum Gasteiger partial charge on any atom is 0.328 e. The zero-order chi connectivity index (χ0) is 15.7. The van der Waals surface area contributed by atoms with E-state index in [9.17, 15) is 14.7 Å². The molecule has 1 aliphatic heterocycles. The first-order chi connectivity index (χ1) is 10.6. The third-order valence-electron chi connectivity index (χ3n) is 3.73. The van der Waals surface area contributed by atoms with Gasteiger partial charge in [0.25, 0.3) is 5.91 Å². The lowest BCUT2D eigenvalue weighted by Crippen LogP contribution is -2.52. The second-order valence-electron chi connectivity index (χ2n) is 5.06. The van der Waals surface area contributed by atoms with Crippen LogP contribution in [0.3, 0.4) is 0 Å². The van der Waals surface area contributed by atoms with Gasteiger partial charge in [-0.3, -0.25) is 4.79 Å². The number of hydrogen-bond acceptors (Lipinski definition) is 4. The predicted molar refractivity (Wildman–Crippen MR) is 78.1 cm³/mol. The van der Waals surface area contributed by atoms with Crippen molar-refractivity contribution in [1.29, 1.82) is 0 Å². The maximum absolute atomic E-state index is 12.6. The molecule has 0 unspecified atom stereocenters. The van der Waals surface area contributed by atoms with E-state index >= 15 is 0 Å². The van der Waals surface area contributed by atoms with Gasteiger partial charge in [-0.1, -0.05) is 0 Å². The van der Waals surface area contributed by atoms with Crippen LogP contribution in [0.15, 0.2) is 24.3 Å². The van der Waals surface area contributed by atoms with E-state index in [1.807, 2.05) is 12.1 Å². The third kappa shape index (κ3) is 2.50. The minimum absolute atomic E-state index is 0.00905. The Morgan fingerprint density at radius 3 is 2.95 bits per heavy atom. The van der Waals surface area contributed by atoms with Gasteiger partial charge in [-0.15, -0.1) is 0 Å². The molecule has 0 radical (unpaired) electrons. The third-order valence-corrected chi connectivity index (χ3v) is 3.73. The number of morpholine rings is 1. The van der Waals surface area contributed by atoms with Crippen LogP contribution >= 0.6 is 0 Å². The van der Waals surface area contributed by atoms with Crippen molar-refractivity contribution in [2.45, 2.75) is 6.04 Å². The van der Waals surface area contributed by atoms with E-state index < -0.39 is 12.0 Å². The number of hydrogen-bond donors (Lipinski definition) is 2. The van der Waals surface area contributed by atoms with Crippen molar-refractivity contribution >= 4 is 22.8 Å². The van der Waals surface area contributed by atoms with Crippen molar-refractivity contribution in [3.8, 4) is 5.75 Å². The minimum Gasteiger partial charge on any atom is -0.497 e. The number of aliphatic carboxylic acids is 1. The van der Waals surface area contributed by atoms with Crippen molar-refractivity contribution in [2.75, 3.05) is 26.9 Å². The zero-order valence-corrected chi connectivity index (χ0v) is 12.0. The average Bonchev–Trinajstić information content (AvgIpc) is 2.96. The van der Waals surface area contributed by atoms with Crippen LogP contribution in [0, 0.1) is 0 Å². The molecule has 1 atom stereocenters. The SMILES string of the molecule is COc1ccc2[nH]c(C(=O)N3CCOC[C@@H]3C(=O)O)cc2c1. The van der Waals surface area contributed by atoms with Gasteiger partial charge in [-0.05, 0) is 24.3 Å². The van der Waals surface area contributed by atoms with Gasteiger partial charge in [0.2, 0.25) is 0 Å². The number of aromatic amines is 1. The molecule has 0 saturated carbocycles. The van der Waals surface area contributed by atoms with Crippen LogP contribution in [0.4, 0.5) is 0 Å². The van der Waals surface area contributed by atoms with E-state index in [1.165, 1.54) is 4.90 Å². The molecule has 2 N–H and O–H groups in total. The Kier molecular flexibility index (Phi) is 3.72. The molecule has 0 aliphatic carbocycles. The van der Waals surface area contributed by atoms with Crippen molar-refractivity contribution in [3.05, 3.63) is 30.0 Å². The Morgan fingerprint density at radius 1 is 1.41 bits per heavy atom. The van der Waals surface area contributed by atoms with Crippen molar-refractivity contribution in [1.82, 2.24) is 9.88 Å². The molecular formula is C15H16N2O5. The first-order valence-electron chi connectivity index (χ1n) is 6.88. The minimum atomic E-state index is -1.06. The molecule has 116 valence electrons. The summed E-state index contributed by atoms with van der Waals surface area (Å²) in [5.41, 5.74) is 1.15. The van der Waals surface area contributed by atoms with Gasteiger partial charge in [-0.2, -0.15) is 0 Å². The molecule has 1 aliphatic rings. The molecular weight excluding hydrogens is 288 g/mol. The number of H-pyrrole nitrogens is 1. The molecule has 22 heavy (non-hydrogen) atoms. The molecule has 7 heteroatoms. The zero-order valence-electron chi connectivity index (χ0n) is 12.0. The van der Waals surface area contributed by atoms with Crippen LogP contribution < -0.4 is 4.74 Å². The largest absolute Gasteiger partial charge is 0.497 e. The summed E-state index contributed by atoms with van der Waals surface area (Å²) in [6.07, 6.45) is 0. The summed E-state index contributed by atoms with van der Waals surface area (Å²) in [5, 5.41) is 10.0. The molecule has 1 saturated heterocycles. The summed E-state index contributed by atoms with van der Waals surface area (Å²) in [6.45, 7) is 0.604. The second kappa shape index (κ2) is 5.69. The lowest BCUT2D eigenvalue weighted by atomic mass is 10.2. The fraction of sp³-hybridized carbons (Fsp3) is 0.333. The van der Waals surface area contributed by atoms with Crippen LogP contribution in [0.25, 0.3) is 10.9 Å². The Hall–Kier alpha value is -2.54. The Morgan fingerprint density at radius 2 is 2.23 bits per heavy atom. The molecule has 2 aromatic rings. The lowest BCUT2D eigenvalue weighted by Gasteiger charge is -2.32. The molecule has 1 aromatic heterocycles. The summed E-state index contributed by atoms with van der Waals surface area (Å²) in [6, 6.07) is 6.17. The molecule has 2 heterocycles. The molecule has 7 nitrogen and oxygen atoms in total. The Labute approximate surface area is 126 Å². The number of fused-ring (bicyclic) bond motifs is 1. The molecule has 1 aromatic carbocycles. The first kappa shape index (κ1) is 14.4. The van der Waals surface area contributed by atoms with Gasteiger partial charge in [0.15, 0.2) is 6.04 Å². The lowest BCUT2D eigenvalue weighted by molar-refractivity contribution is -0.147. The van der Waals surface area contributed by atoms with Crippen molar-refractivity contribution < 1.29 is 24.2 Å². The summed E-state index contributed by atoms with van der Waals surface area (Å²) in [5.74, 6) is -0.711. The number of benzene rings is 1. The number of ether oxygens (including phenoxy) is 2. The van der Waals surface area contributed by atoms with Gasteiger partial charge in [0, 0.05) is 17.4 Å². The number of carboxylic acid groups (broad SMARTS) is 1. The van der Waals surface area contributed by atoms with E-state index in [0.29, 0.717) is 18.1 Å². The number of carboxylic acids is 1. The van der Waals surface area contributed by atoms with Crippen LogP contribution in [-0.4, -0.2) is 59.8 Å². The summed E-state index contributed by atoms with van der Waals surface area (Å²) < 4.78 is 10.3. The Bertz CT molecular complexity index is 724. The van der Waals surface area contributed by atoms with Crippen molar-refractivity contribution in [3.63, 3.8) is 0 Å². The van der Waals surface area contributed by atoms with Gasteiger partial charge < -0.3 is 24.5 Å². The molecule has 0 bridgehead atoms. The van der Waals surface area contributed by atoms with E-state index in [1.54, 1.807) is 19.2 Å².